The standard InChI is InChI=1S/C18H16O2/c1-10-8-9-13(12(3)11(10)2)16-17(19)14-6-4-5-7-15(14)18(16)20/h4-9,19H,1-3H3. The normalized spacial score (nSPS) is 13.8. The molecule has 0 atom stereocenters. The van der Waals surface area contributed by atoms with Crippen molar-refractivity contribution in [1.29, 1.82) is 0 Å². The van der Waals surface area contributed by atoms with E-state index >= 15 is 0 Å². The molecule has 0 fully saturated rings. The van der Waals surface area contributed by atoms with E-state index in [-0.39, 0.29) is 11.5 Å². The summed E-state index contributed by atoms with van der Waals surface area (Å²) in [7, 11) is 0. The SMILES string of the molecule is Cc1ccc(C2=C(O)c3ccccc3C2=O)c(C)c1C. The molecule has 1 N–H and O–H groups in total. The number of benzene rings is 2. The van der Waals surface area contributed by atoms with Gasteiger partial charge in [-0.15, -0.1) is 0 Å². The summed E-state index contributed by atoms with van der Waals surface area (Å²) in [5.41, 5.74) is 5.86. The Bertz CT molecular complexity index is 767. The van der Waals surface area contributed by atoms with Gasteiger partial charge in [-0.1, -0.05) is 36.4 Å². The number of ketones is 1. The van der Waals surface area contributed by atoms with Crippen molar-refractivity contribution < 1.29 is 9.90 Å². The van der Waals surface area contributed by atoms with Crippen LogP contribution in [0.5, 0.6) is 0 Å². The third-order valence-corrected chi connectivity index (χ3v) is 4.22. The summed E-state index contributed by atoms with van der Waals surface area (Å²) < 4.78 is 0. The highest BCUT2D eigenvalue weighted by Crippen LogP contribution is 2.38. The van der Waals surface area contributed by atoms with Crippen LogP contribution in [0.1, 0.15) is 38.2 Å². The third-order valence-electron chi connectivity index (χ3n) is 4.22. The molecule has 0 saturated carbocycles. The molecule has 100 valence electrons. The second-order valence-electron chi connectivity index (χ2n) is 5.28. The summed E-state index contributed by atoms with van der Waals surface area (Å²) >= 11 is 0. The third kappa shape index (κ3) is 1.61. The van der Waals surface area contributed by atoms with Crippen LogP contribution in [0, 0.1) is 20.8 Å². The molecule has 0 saturated heterocycles. The number of fused-ring (bicyclic) bond motifs is 1. The average molecular weight is 264 g/mol. The quantitative estimate of drug-likeness (QED) is 0.836. The van der Waals surface area contributed by atoms with Crippen LogP contribution in [0.2, 0.25) is 0 Å². The zero-order chi connectivity index (χ0) is 14.4. The monoisotopic (exact) mass is 264 g/mol. The topological polar surface area (TPSA) is 37.3 Å². The highest BCUT2D eigenvalue weighted by molar-refractivity contribution is 6.39. The van der Waals surface area contributed by atoms with Crippen molar-refractivity contribution >= 4 is 17.1 Å². The fourth-order valence-corrected chi connectivity index (χ4v) is 2.74. The van der Waals surface area contributed by atoms with E-state index in [1.165, 1.54) is 5.56 Å². The molecule has 0 spiro atoms. The molecule has 20 heavy (non-hydrogen) atoms. The maximum absolute atomic E-state index is 12.5. The van der Waals surface area contributed by atoms with E-state index in [1.807, 2.05) is 45.0 Å². The van der Waals surface area contributed by atoms with Crippen LogP contribution in [-0.2, 0) is 0 Å². The minimum absolute atomic E-state index is 0.0931. The molecule has 0 bridgehead atoms. The van der Waals surface area contributed by atoms with Crippen molar-refractivity contribution in [3.05, 3.63) is 69.8 Å². The van der Waals surface area contributed by atoms with Crippen LogP contribution >= 0.6 is 0 Å². The molecule has 2 aromatic rings. The van der Waals surface area contributed by atoms with Gasteiger partial charge in [0.15, 0.2) is 5.78 Å². The molecular formula is C18H16O2. The van der Waals surface area contributed by atoms with E-state index in [1.54, 1.807) is 12.1 Å². The second kappa shape index (κ2) is 4.34. The van der Waals surface area contributed by atoms with Gasteiger partial charge in [-0.3, -0.25) is 4.79 Å². The molecule has 0 radical (unpaired) electrons. The van der Waals surface area contributed by atoms with Gasteiger partial charge >= 0.3 is 0 Å². The van der Waals surface area contributed by atoms with E-state index in [0.29, 0.717) is 16.7 Å². The van der Waals surface area contributed by atoms with Crippen LogP contribution in [0.4, 0.5) is 0 Å². The van der Waals surface area contributed by atoms with Gasteiger partial charge in [0.1, 0.15) is 5.76 Å². The molecule has 0 aliphatic heterocycles. The molecule has 3 rings (SSSR count). The van der Waals surface area contributed by atoms with Crippen molar-refractivity contribution in [3.8, 4) is 0 Å². The maximum atomic E-state index is 12.5. The summed E-state index contributed by atoms with van der Waals surface area (Å²) in [5.74, 6) is 0.00130. The fourth-order valence-electron chi connectivity index (χ4n) is 2.74. The molecule has 1 aliphatic rings. The van der Waals surface area contributed by atoms with Crippen LogP contribution in [-0.4, -0.2) is 10.9 Å². The van der Waals surface area contributed by atoms with Gasteiger partial charge in [-0.05, 0) is 43.0 Å². The van der Waals surface area contributed by atoms with E-state index in [0.717, 1.165) is 16.7 Å². The van der Waals surface area contributed by atoms with Gasteiger partial charge < -0.3 is 5.11 Å². The minimum Gasteiger partial charge on any atom is -0.507 e. The van der Waals surface area contributed by atoms with Crippen LogP contribution in [0.15, 0.2) is 36.4 Å². The number of aliphatic hydroxyl groups excluding tert-OH is 1. The lowest BCUT2D eigenvalue weighted by Gasteiger charge is -2.11. The number of Topliss-reactive ketones (excluding diaryl/α,β-unsaturated/α-hetero) is 1. The number of aliphatic hydroxyl groups is 1. The molecule has 0 aromatic heterocycles. The first kappa shape index (κ1) is 12.7. The van der Waals surface area contributed by atoms with Gasteiger partial charge in [0, 0.05) is 11.1 Å². The van der Waals surface area contributed by atoms with Gasteiger partial charge in [0.25, 0.3) is 0 Å². The van der Waals surface area contributed by atoms with Gasteiger partial charge in [0.05, 0.1) is 5.57 Å². The predicted molar refractivity (Wildman–Crippen MR) is 80.9 cm³/mol. The van der Waals surface area contributed by atoms with Crippen molar-refractivity contribution in [2.45, 2.75) is 20.8 Å². The smallest absolute Gasteiger partial charge is 0.198 e. The van der Waals surface area contributed by atoms with Crippen molar-refractivity contribution in [1.82, 2.24) is 0 Å². The Morgan fingerprint density at radius 3 is 2.10 bits per heavy atom. The lowest BCUT2D eigenvalue weighted by Crippen LogP contribution is -2.02. The molecular weight excluding hydrogens is 248 g/mol. The number of rotatable bonds is 1. The van der Waals surface area contributed by atoms with Crippen LogP contribution < -0.4 is 0 Å². The van der Waals surface area contributed by atoms with Gasteiger partial charge in [-0.2, -0.15) is 0 Å². The predicted octanol–water partition coefficient (Wildman–Crippen LogP) is 4.23. The van der Waals surface area contributed by atoms with Crippen LogP contribution in [0.25, 0.3) is 11.3 Å². The number of allylic oxidation sites excluding steroid dienone is 1. The molecule has 0 heterocycles. The van der Waals surface area contributed by atoms with E-state index in [9.17, 15) is 9.90 Å². The van der Waals surface area contributed by atoms with Gasteiger partial charge in [0.2, 0.25) is 0 Å². The Morgan fingerprint density at radius 2 is 1.45 bits per heavy atom. The Hall–Kier alpha value is -2.35. The van der Waals surface area contributed by atoms with Crippen LogP contribution in [0.3, 0.4) is 0 Å². The minimum atomic E-state index is -0.0931. The van der Waals surface area contributed by atoms with E-state index in [4.69, 9.17) is 0 Å². The summed E-state index contributed by atoms with van der Waals surface area (Å²) in [6, 6.07) is 11.1. The number of hydrogen-bond donors (Lipinski definition) is 1. The fraction of sp³-hybridized carbons (Fsp3) is 0.167. The molecule has 1 aliphatic carbocycles. The Morgan fingerprint density at radius 1 is 0.800 bits per heavy atom. The summed E-state index contributed by atoms with van der Waals surface area (Å²) in [6.07, 6.45) is 0. The summed E-state index contributed by atoms with van der Waals surface area (Å²) in [4.78, 5) is 12.5. The second-order valence-corrected chi connectivity index (χ2v) is 5.28. The zero-order valence-electron chi connectivity index (χ0n) is 11.8. The number of aryl methyl sites for hydroxylation is 1. The summed E-state index contributed by atoms with van der Waals surface area (Å²) in [5, 5.41) is 10.4. The van der Waals surface area contributed by atoms with Crippen molar-refractivity contribution in [2.24, 2.45) is 0 Å². The molecule has 0 unspecified atom stereocenters. The summed E-state index contributed by atoms with van der Waals surface area (Å²) in [6.45, 7) is 6.08. The Labute approximate surface area is 118 Å². The lowest BCUT2D eigenvalue weighted by atomic mass is 9.92. The lowest BCUT2D eigenvalue weighted by molar-refractivity contribution is 0.105. The van der Waals surface area contributed by atoms with Crippen molar-refractivity contribution in [2.75, 3.05) is 0 Å². The number of hydrogen-bond acceptors (Lipinski definition) is 2. The maximum Gasteiger partial charge on any atom is 0.198 e. The van der Waals surface area contributed by atoms with E-state index in [2.05, 4.69) is 0 Å². The first-order valence-corrected chi connectivity index (χ1v) is 6.67. The number of carbonyl (C=O) groups is 1. The first-order valence-electron chi connectivity index (χ1n) is 6.67. The Balaban J connectivity index is 2.25. The molecule has 2 nitrogen and oxygen atoms in total. The molecule has 2 aromatic carbocycles. The highest BCUT2D eigenvalue weighted by Gasteiger charge is 2.31. The average Bonchev–Trinajstić information content (AvgIpc) is 2.70. The van der Waals surface area contributed by atoms with E-state index < -0.39 is 0 Å². The Kier molecular flexibility index (Phi) is 2.75. The first-order chi connectivity index (χ1) is 9.52. The highest BCUT2D eigenvalue weighted by atomic mass is 16.3. The number of carbonyl (C=O) groups excluding carboxylic acids is 1. The van der Waals surface area contributed by atoms with Crippen molar-refractivity contribution in [3.63, 3.8) is 0 Å². The largest absolute Gasteiger partial charge is 0.507 e. The molecule has 0 amide bonds. The molecule has 2 heteroatoms. The zero-order valence-corrected chi connectivity index (χ0v) is 11.8. The van der Waals surface area contributed by atoms with Gasteiger partial charge in [-0.25, -0.2) is 0 Å².